The summed E-state index contributed by atoms with van der Waals surface area (Å²) in [6.45, 7) is 0. The standard InChI is InChI=1S/C29H31N3O4/c1-36-28-13-7-11-24-23(28)17-25(32-24)27(34)16-21(14-19-8-3-2-4-9-19)29(35)31-22(18-30)15-20-10-5-6-12-26(20)33/h2-4,7-9,11,13,17,20-22,32H,5-6,10,12,14-16H2,1H3,(H,31,35)/t20-,21+,22-/m0/s1. The smallest absolute Gasteiger partial charge is 0.224 e. The van der Waals surface area contributed by atoms with Crippen molar-refractivity contribution < 1.29 is 19.1 Å². The molecule has 0 bridgehead atoms. The summed E-state index contributed by atoms with van der Waals surface area (Å²) in [5.74, 6) is -0.571. The van der Waals surface area contributed by atoms with Gasteiger partial charge in [-0.1, -0.05) is 42.8 Å². The fourth-order valence-electron chi connectivity index (χ4n) is 4.97. The van der Waals surface area contributed by atoms with E-state index < -0.39 is 12.0 Å². The zero-order valence-corrected chi connectivity index (χ0v) is 20.5. The van der Waals surface area contributed by atoms with Crippen LogP contribution in [0.4, 0.5) is 0 Å². The molecule has 36 heavy (non-hydrogen) atoms. The maximum Gasteiger partial charge on any atom is 0.224 e. The fourth-order valence-corrected chi connectivity index (χ4v) is 4.97. The lowest BCUT2D eigenvalue weighted by Crippen LogP contribution is -2.41. The Labute approximate surface area is 210 Å². The molecular formula is C29H31N3O4. The number of amides is 1. The summed E-state index contributed by atoms with van der Waals surface area (Å²) in [7, 11) is 1.58. The Kier molecular flexibility index (Phi) is 8.17. The van der Waals surface area contributed by atoms with E-state index in [1.54, 1.807) is 13.2 Å². The number of hydrogen-bond donors (Lipinski definition) is 2. The summed E-state index contributed by atoms with van der Waals surface area (Å²) in [5, 5.41) is 13.3. The normalized spacial score (nSPS) is 17.2. The first kappa shape index (κ1) is 25.2. The lowest BCUT2D eigenvalue weighted by atomic mass is 9.83. The first-order valence-electron chi connectivity index (χ1n) is 12.4. The second-order valence-electron chi connectivity index (χ2n) is 9.45. The Morgan fingerprint density at radius 2 is 1.97 bits per heavy atom. The number of ether oxygens (including phenoxy) is 1. The Hall–Kier alpha value is -3.92. The van der Waals surface area contributed by atoms with Crippen LogP contribution in [0.5, 0.6) is 5.75 Å². The molecule has 0 aliphatic heterocycles. The number of rotatable bonds is 10. The van der Waals surface area contributed by atoms with Crippen molar-refractivity contribution in [3.63, 3.8) is 0 Å². The fraction of sp³-hybridized carbons (Fsp3) is 0.379. The van der Waals surface area contributed by atoms with Gasteiger partial charge >= 0.3 is 0 Å². The van der Waals surface area contributed by atoms with E-state index in [1.165, 1.54) is 0 Å². The molecule has 0 radical (unpaired) electrons. The lowest BCUT2D eigenvalue weighted by molar-refractivity contribution is -0.127. The van der Waals surface area contributed by atoms with Crippen molar-refractivity contribution >= 4 is 28.4 Å². The highest BCUT2D eigenvalue weighted by Crippen LogP contribution is 2.28. The van der Waals surface area contributed by atoms with Crippen molar-refractivity contribution in [2.75, 3.05) is 7.11 Å². The Bertz CT molecular complexity index is 1270. The van der Waals surface area contributed by atoms with E-state index in [0.717, 1.165) is 35.7 Å². The van der Waals surface area contributed by atoms with Crippen LogP contribution in [-0.4, -0.2) is 35.6 Å². The van der Waals surface area contributed by atoms with E-state index in [0.29, 0.717) is 30.7 Å². The number of fused-ring (bicyclic) bond motifs is 1. The summed E-state index contributed by atoms with van der Waals surface area (Å²) in [4.78, 5) is 42.0. The number of aromatic amines is 1. The van der Waals surface area contributed by atoms with E-state index >= 15 is 0 Å². The van der Waals surface area contributed by atoms with Crippen molar-refractivity contribution in [2.24, 2.45) is 11.8 Å². The second kappa shape index (κ2) is 11.7. The predicted octanol–water partition coefficient (Wildman–Crippen LogP) is 4.77. The minimum atomic E-state index is -0.768. The van der Waals surface area contributed by atoms with Crippen LogP contribution >= 0.6 is 0 Å². The quantitative estimate of drug-likeness (QED) is 0.402. The predicted molar refractivity (Wildman–Crippen MR) is 137 cm³/mol. The van der Waals surface area contributed by atoms with Crippen LogP contribution < -0.4 is 10.1 Å². The third-order valence-corrected chi connectivity index (χ3v) is 6.95. The first-order valence-corrected chi connectivity index (χ1v) is 12.4. The van der Waals surface area contributed by atoms with Gasteiger partial charge in [0.15, 0.2) is 5.78 Å². The second-order valence-corrected chi connectivity index (χ2v) is 9.45. The molecule has 1 aliphatic carbocycles. The number of Topliss-reactive ketones (excluding diaryl/α,β-unsaturated/α-hetero) is 2. The van der Waals surface area contributed by atoms with Gasteiger partial charge in [-0.05, 0) is 49.4 Å². The summed E-state index contributed by atoms with van der Waals surface area (Å²) in [6, 6.07) is 18.2. The molecule has 1 aliphatic rings. The van der Waals surface area contributed by atoms with Crippen molar-refractivity contribution in [1.82, 2.24) is 10.3 Å². The summed E-state index contributed by atoms with van der Waals surface area (Å²) in [5.41, 5.74) is 2.12. The molecular weight excluding hydrogens is 454 g/mol. The molecule has 1 amide bonds. The Balaban J connectivity index is 1.51. The molecule has 2 N–H and O–H groups in total. The average molecular weight is 486 g/mol. The number of hydrogen-bond acceptors (Lipinski definition) is 5. The number of nitriles is 1. The molecule has 1 fully saturated rings. The highest BCUT2D eigenvalue weighted by molar-refractivity contribution is 6.02. The van der Waals surface area contributed by atoms with Gasteiger partial charge in [0.1, 0.15) is 17.6 Å². The molecule has 0 spiro atoms. The average Bonchev–Trinajstić information content (AvgIpc) is 3.34. The van der Waals surface area contributed by atoms with Crippen molar-refractivity contribution in [3.05, 3.63) is 65.9 Å². The molecule has 3 aromatic rings. The molecule has 4 rings (SSSR count). The minimum Gasteiger partial charge on any atom is -0.496 e. The van der Waals surface area contributed by atoms with Gasteiger partial charge in [-0.15, -0.1) is 0 Å². The van der Waals surface area contributed by atoms with Gasteiger partial charge in [0.2, 0.25) is 5.91 Å². The molecule has 1 aromatic heterocycles. The number of ketones is 2. The maximum absolute atomic E-state index is 13.3. The van der Waals surface area contributed by atoms with Crippen LogP contribution in [-0.2, 0) is 16.0 Å². The number of methoxy groups -OCH3 is 1. The maximum atomic E-state index is 13.3. The van der Waals surface area contributed by atoms with E-state index in [-0.39, 0.29) is 29.8 Å². The van der Waals surface area contributed by atoms with Gasteiger partial charge in [0, 0.05) is 35.6 Å². The molecule has 1 heterocycles. The molecule has 7 heteroatoms. The van der Waals surface area contributed by atoms with Crippen molar-refractivity contribution in [3.8, 4) is 11.8 Å². The van der Waals surface area contributed by atoms with E-state index in [1.807, 2.05) is 48.5 Å². The molecule has 0 unspecified atom stereocenters. The third-order valence-electron chi connectivity index (χ3n) is 6.95. The highest BCUT2D eigenvalue weighted by Gasteiger charge is 2.29. The summed E-state index contributed by atoms with van der Waals surface area (Å²) >= 11 is 0. The number of nitrogens with zero attached hydrogens (tertiary/aromatic N) is 1. The van der Waals surface area contributed by atoms with Gasteiger partial charge in [-0.2, -0.15) is 5.26 Å². The number of nitrogens with one attached hydrogen (secondary N) is 2. The molecule has 186 valence electrons. The van der Waals surface area contributed by atoms with Gasteiger partial charge in [0.05, 0.1) is 18.9 Å². The van der Waals surface area contributed by atoms with Gasteiger partial charge in [-0.3, -0.25) is 14.4 Å². The molecule has 0 saturated heterocycles. The highest BCUT2D eigenvalue weighted by atomic mass is 16.5. The van der Waals surface area contributed by atoms with Crippen molar-refractivity contribution in [2.45, 2.75) is 51.0 Å². The van der Waals surface area contributed by atoms with Crippen LogP contribution in [0, 0.1) is 23.2 Å². The Morgan fingerprint density at radius 3 is 2.69 bits per heavy atom. The van der Waals surface area contributed by atoms with Gasteiger partial charge in [-0.25, -0.2) is 0 Å². The van der Waals surface area contributed by atoms with E-state index in [2.05, 4.69) is 16.4 Å². The summed E-state index contributed by atoms with van der Waals surface area (Å²) < 4.78 is 5.39. The number of benzene rings is 2. The molecule has 1 saturated carbocycles. The Morgan fingerprint density at radius 1 is 1.17 bits per heavy atom. The largest absolute Gasteiger partial charge is 0.496 e. The zero-order chi connectivity index (χ0) is 25.5. The molecule has 7 nitrogen and oxygen atoms in total. The van der Waals surface area contributed by atoms with Crippen LogP contribution in [0.15, 0.2) is 54.6 Å². The van der Waals surface area contributed by atoms with Crippen LogP contribution in [0.2, 0.25) is 0 Å². The monoisotopic (exact) mass is 485 g/mol. The van der Waals surface area contributed by atoms with Gasteiger partial charge in [0.25, 0.3) is 0 Å². The molecule has 3 atom stereocenters. The minimum absolute atomic E-state index is 0.0175. The van der Waals surface area contributed by atoms with Crippen LogP contribution in [0.1, 0.15) is 54.6 Å². The molecule has 2 aromatic carbocycles. The SMILES string of the molecule is COc1cccc2[nH]c(C(=O)C[C@@H](Cc3ccccc3)C(=O)N[C@H](C#N)C[C@@H]3CCCCC3=O)cc12. The van der Waals surface area contributed by atoms with Gasteiger partial charge < -0.3 is 15.0 Å². The number of aromatic nitrogens is 1. The van der Waals surface area contributed by atoms with Crippen LogP contribution in [0.3, 0.4) is 0 Å². The number of H-pyrrole nitrogens is 1. The number of carbonyl (C=O) groups is 3. The summed E-state index contributed by atoms with van der Waals surface area (Å²) in [6.07, 6.45) is 3.80. The number of carbonyl (C=O) groups excluding carboxylic acids is 3. The zero-order valence-electron chi connectivity index (χ0n) is 20.5. The van der Waals surface area contributed by atoms with Crippen molar-refractivity contribution in [1.29, 1.82) is 5.26 Å². The third kappa shape index (κ3) is 6.01. The van der Waals surface area contributed by atoms with E-state index in [9.17, 15) is 19.6 Å². The first-order chi connectivity index (χ1) is 17.5. The topological polar surface area (TPSA) is 112 Å². The van der Waals surface area contributed by atoms with Crippen LogP contribution in [0.25, 0.3) is 10.9 Å². The lowest BCUT2D eigenvalue weighted by Gasteiger charge is -2.24. The van der Waals surface area contributed by atoms with E-state index in [4.69, 9.17) is 4.74 Å².